The predicted octanol–water partition coefficient (Wildman–Crippen LogP) is 3.65. The molecule has 0 radical (unpaired) electrons. The lowest BCUT2D eigenvalue weighted by atomic mass is 10.0. The predicted molar refractivity (Wildman–Crippen MR) is 77.6 cm³/mol. The van der Waals surface area contributed by atoms with Crippen molar-refractivity contribution in [2.24, 2.45) is 0 Å². The lowest BCUT2D eigenvalue weighted by Crippen LogP contribution is -2.34. The molecule has 2 heterocycles. The number of fused-ring (bicyclic) bond motifs is 2. The molecule has 0 aliphatic carbocycles. The van der Waals surface area contributed by atoms with E-state index in [2.05, 4.69) is 0 Å². The Morgan fingerprint density at radius 2 is 1.86 bits per heavy atom. The molecule has 1 aromatic rings. The highest BCUT2D eigenvalue weighted by Gasteiger charge is 2.24. The van der Waals surface area contributed by atoms with E-state index in [0.29, 0.717) is 18.0 Å². The molecule has 0 saturated carbocycles. The monoisotopic (exact) mass is 287 g/mol. The lowest BCUT2D eigenvalue weighted by Gasteiger charge is -2.28. The zero-order chi connectivity index (χ0) is 15.0. The number of carbonyl (C=O) groups is 1. The van der Waals surface area contributed by atoms with Gasteiger partial charge in [0.25, 0.3) is 0 Å². The van der Waals surface area contributed by atoms with Gasteiger partial charge in [0.05, 0.1) is 6.54 Å². The summed E-state index contributed by atoms with van der Waals surface area (Å²) in [4.78, 5) is 13.6. The molecule has 2 aliphatic rings. The normalized spacial score (nSPS) is 15.7. The second-order valence-corrected chi connectivity index (χ2v) is 5.93. The third-order valence-electron chi connectivity index (χ3n) is 3.05. The van der Waals surface area contributed by atoms with Crippen LogP contribution < -0.4 is 9.47 Å². The Morgan fingerprint density at radius 1 is 1.19 bits per heavy atom. The number of hydrogen-bond acceptors (Lipinski definition) is 4. The van der Waals surface area contributed by atoms with E-state index < -0.39 is 5.60 Å². The van der Waals surface area contributed by atoms with Gasteiger partial charge >= 0.3 is 6.09 Å². The van der Waals surface area contributed by atoms with E-state index in [4.69, 9.17) is 14.2 Å². The molecule has 1 aromatic carbocycles. The Kier molecular flexibility index (Phi) is 3.12. The van der Waals surface area contributed by atoms with E-state index in [1.54, 1.807) is 11.1 Å². The third-order valence-corrected chi connectivity index (χ3v) is 3.05. The number of ether oxygens (including phenoxy) is 3. The molecule has 0 atom stereocenters. The van der Waals surface area contributed by atoms with Crippen molar-refractivity contribution in [3.8, 4) is 11.5 Å². The van der Waals surface area contributed by atoms with Crippen molar-refractivity contribution < 1.29 is 19.0 Å². The molecule has 0 bridgehead atoms. The maximum atomic E-state index is 12.1. The highest BCUT2D eigenvalue weighted by Crippen LogP contribution is 2.36. The van der Waals surface area contributed by atoms with Crippen molar-refractivity contribution >= 4 is 12.2 Å². The summed E-state index contributed by atoms with van der Waals surface area (Å²) in [5.74, 6) is 1.32. The summed E-state index contributed by atoms with van der Waals surface area (Å²) in [7, 11) is 0. The van der Waals surface area contributed by atoms with E-state index in [-0.39, 0.29) is 6.09 Å². The fraction of sp³-hybridized carbons (Fsp3) is 0.312. The Labute approximate surface area is 123 Å². The topological polar surface area (TPSA) is 48.0 Å². The average molecular weight is 287 g/mol. The second-order valence-electron chi connectivity index (χ2n) is 5.93. The first kappa shape index (κ1) is 13.5. The van der Waals surface area contributed by atoms with Gasteiger partial charge in [0, 0.05) is 6.20 Å². The van der Waals surface area contributed by atoms with Crippen LogP contribution in [0, 0.1) is 0 Å². The van der Waals surface area contributed by atoms with Gasteiger partial charge in [0.15, 0.2) is 11.5 Å². The zero-order valence-corrected chi connectivity index (χ0v) is 12.3. The average Bonchev–Trinajstić information content (AvgIpc) is 2.42. The van der Waals surface area contributed by atoms with Gasteiger partial charge < -0.3 is 14.2 Å². The summed E-state index contributed by atoms with van der Waals surface area (Å²) in [5, 5.41) is 0. The summed E-state index contributed by atoms with van der Waals surface area (Å²) in [6.07, 6.45) is 6.21. The molecule has 0 saturated heterocycles. The van der Waals surface area contributed by atoms with E-state index in [0.717, 1.165) is 11.1 Å². The molecule has 110 valence electrons. The van der Waals surface area contributed by atoms with Crippen molar-refractivity contribution in [1.82, 2.24) is 4.90 Å². The quantitative estimate of drug-likeness (QED) is 0.730. The molecular formula is C16H17NO4. The molecule has 5 nitrogen and oxygen atoms in total. The van der Waals surface area contributed by atoms with Crippen molar-refractivity contribution in [3.63, 3.8) is 0 Å². The van der Waals surface area contributed by atoms with Crippen LogP contribution in [0.25, 0.3) is 6.08 Å². The van der Waals surface area contributed by atoms with Gasteiger partial charge in [-0.2, -0.15) is 0 Å². The lowest BCUT2D eigenvalue weighted by molar-refractivity contribution is 0.0322. The zero-order valence-electron chi connectivity index (χ0n) is 12.3. The molecule has 2 aliphatic heterocycles. The number of nitrogens with zero attached hydrogens (tertiary/aromatic N) is 1. The van der Waals surface area contributed by atoms with E-state index in [9.17, 15) is 4.79 Å². The highest BCUT2D eigenvalue weighted by molar-refractivity contribution is 5.73. The van der Waals surface area contributed by atoms with Gasteiger partial charge in [0.2, 0.25) is 0 Å². The highest BCUT2D eigenvalue weighted by atomic mass is 16.6. The minimum absolute atomic E-state index is 0.362. The maximum absolute atomic E-state index is 12.1. The van der Waals surface area contributed by atoms with E-state index in [1.807, 2.05) is 39.0 Å². The Hall–Kier alpha value is -2.43. The fourth-order valence-electron chi connectivity index (χ4n) is 2.15. The molecule has 0 unspecified atom stereocenters. The summed E-state index contributed by atoms with van der Waals surface area (Å²) in [6.45, 7) is 5.99. The van der Waals surface area contributed by atoms with Gasteiger partial charge in [0.1, 0.15) is 18.1 Å². The van der Waals surface area contributed by atoms with Gasteiger partial charge in [-0.05, 0) is 50.1 Å². The summed E-state index contributed by atoms with van der Waals surface area (Å²) in [6, 6.07) is 3.78. The molecule has 3 rings (SSSR count). The van der Waals surface area contributed by atoms with Crippen molar-refractivity contribution in [3.05, 3.63) is 42.0 Å². The van der Waals surface area contributed by atoms with Gasteiger partial charge in [-0.3, -0.25) is 4.90 Å². The van der Waals surface area contributed by atoms with Crippen LogP contribution in [0.4, 0.5) is 4.79 Å². The Morgan fingerprint density at radius 3 is 2.52 bits per heavy atom. The minimum Gasteiger partial charge on any atom is -0.458 e. The smallest absolute Gasteiger partial charge is 0.414 e. The van der Waals surface area contributed by atoms with Crippen molar-refractivity contribution in [2.75, 3.05) is 0 Å². The molecular weight excluding hydrogens is 270 g/mol. The Balaban J connectivity index is 1.82. The standard InChI is InChI=1S/C16H17NO4/c1-16(2,3)21-15(18)17-5-4-11-8-13-14(9-12(11)10-17)20-7-6-19-13/h4-9H,10H2,1-3H3. The van der Waals surface area contributed by atoms with Crippen LogP contribution in [-0.2, 0) is 11.3 Å². The first-order valence-electron chi connectivity index (χ1n) is 6.75. The van der Waals surface area contributed by atoms with Crippen LogP contribution in [0.1, 0.15) is 31.9 Å². The van der Waals surface area contributed by atoms with Crippen LogP contribution in [-0.4, -0.2) is 16.6 Å². The Bertz CT molecular complexity index is 640. The second kappa shape index (κ2) is 4.84. The van der Waals surface area contributed by atoms with Crippen molar-refractivity contribution in [2.45, 2.75) is 32.9 Å². The maximum Gasteiger partial charge on any atom is 0.414 e. The molecule has 0 aromatic heterocycles. The summed E-state index contributed by atoms with van der Waals surface area (Å²) < 4.78 is 16.2. The molecule has 0 N–H and O–H groups in total. The van der Waals surface area contributed by atoms with Crippen LogP contribution in [0.3, 0.4) is 0 Å². The first-order chi connectivity index (χ1) is 9.92. The number of benzene rings is 1. The van der Waals surface area contributed by atoms with Crippen LogP contribution >= 0.6 is 0 Å². The number of rotatable bonds is 0. The van der Waals surface area contributed by atoms with Gasteiger partial charge in [-0.1, -0.05) is 0 Å². The number of amides is 1. The number of carbonyl (C=O) groups excluding carboxylic acids is 1. The molecule has 21 heavy (non-hydrogen) atoms. The molecule has 1 amide bonds. The summed E-state index contributed by atoms with van der Waals surface area (Å²) >= 11 is 0. The largest absolute Gasteiger partial charge is 0.458 e. The number of hydrogen-bond donors (Lipinski definition) is 0. The van der Waals surface area contributed by atoms with Crippen LogP contribution in [0.5, 0.6) is 11.5 Å². The molecule has 5 heteroatoms. The third kappa shape index (κ3) is 2.86. The van der Waals surface area contributed by atoms with E-state index in [1.165, 1.54) is 12.5 Å². The minimum atomic E-state index is -0.511. The van der Waals surface area contributed by atoms with Gasteiger partial charge in [-0.25, -0.2) is 4.79 Å². The van der Waals surface area contributed by atoms with E-state index >= 15 is 0 Å². The van der Waals surface area contributed by atoms with Crippen LogP contribution in [0.15, 0.2) is 30.9 Å². The van der Waals surface area contributed by atoms with Crippen LogP contribution in [0.2, 0.25) is 0 Å². The fourth-order valence-corrected chi connectivity index (χ4v) is 2.15. The molecule has 0 fully saturated rings. The van der Waals surface area contributed by atoms with Crippen molar-refractivity contribution in [1.29, 1.82) is 0 Å². The SMILES string of the molecule is CC(C)(C)OC(=O)N1C=Cc2cc3c(cc2C1)OC=CO3. The first-order valence-corrected chi connectivity index (χ1v) is 6.75. The van der Waals surface area contributed by atoms with Gasteiger partial charge in [-0.15, -0.1) is 0 Å². The summed E-state index contributed by atoms with van der Waals surface area (Å²) in [5.41, 5.74) is 1.48. The molecule has 0 spiro atoms.